The molecule has 4 nitrogen and oxygen atoms in total. The van der Waals surface area contributed by atoms with Crippen LogP contribution >= 0.6 is 0 Å². The number of hydrogen-bond acceptors (Lipinski definition) is 3. The number of nitrogens with zero attached hydrogens (tertiary/aromatic N) is 3. The number of pyridine rings is 1. The summed E-state index contributed by atoms with van der Waals surface area (Å²) >= 11 is 0. The van der Waals surface area contributed by atoms with Crippen molar-refractivity contribution in [2.24, 2.45) is 0 Å². The van der Waals surface area contributed by atoms with Crippen LogP contribution in [0.5, 0.6) is 0 Å². The van der Waals surface area contributed by atoms with E-state index < -0.39 is 0 Å². The molecule has 2 aromatic heterocycles. The Morgan fingerprint density at radius 1 is 1.28 bits per heavy atom. The second kappa shape index (κ2) is 5.78. The molecule has 96 valence electrons. The molecule has 2 heterocycles. The first-order chi connectivity index (χ1) is 8.70. The molecule has 2 rings (SSSR count). The van der Waals surface area contributed by atoms with E-state index >= 15 is 0 Å². The summed E-state index contributed by atoms with van der Waals surface area (Å²) in [5, 5.41) is 3.41. The van der Waals surface area contributed by atoms with Crippen LogP contribution in [-0.4, -0.2) is 20.6 Å². The molecule has 0 amide bonds. The molecule has 0 atom stereocenters. The van der Waals surface area contributed by atoms with Gasteiger partial charge in [-0.3, -0.25) is 4.57 Å². The molecule has 0 saturated carbocycles. The largest absolute Gasteiger partial charge is 0.310 e. The number of aromatic nitrogens is 3. The van der Waals surface area contributed by atoms with Gasteiger partial charge in [0.1, 0.15) is 11.6 Å². The molecule has 18 heavy (non-hydrogen) atoms. The molecule has 0 unspecified atom stereocenters. The Kier molecular flexibility index (Phi) is 4.10. The highest BCUT2D eigenvalue weighted by Crippen LogP contribution is 2.10. The van der Waals surface area contributed by atoms with Crippen molar-refractivity contribution >= 4 is 0 Å². The van der Waals surface area contributed by atoms with Gasteiger partial charge in [0.15, 0.2) is 0 Å². The van der Waals surface area contributed by atoms with Gasteiger partial charge in [0, 0.05) is 37.6 Å². The summed E-state index contributed by atoms with van der Waals surface area (Å²) in [5.41, 5.74) is 1.24. The zero-order chi connectivity index (χ0) is 13.0. The van der Waals surface area contributed by atoms with Crippen molar-refractivity contribution in [3.8, 4) is 5.82 Å². The maximum Gasteiger partial charge on any atom is 0.138 e. The molecule has 0 aliphatic rings. The van der Waals surface area contributed by atoms with Gasteiger partial charge in [0.2, 0.25) is 0 Å². The van der Waals surface area contributed by atoms with Gasteiger partial charge >= 0.3 is 0 Å². The molecule has 0 radical (unpaired) electrons. The fraction of sp³-hybridized carbons (Fsp3) is 0.429. The maximum atomic E-state index is 4.41. The van der Waals surface area contributed by atoms with E-state index in [0.29, 0.717) is 6.04 Å². The fourth-order valence-electron chi connectivity index (χ4n) is 1.83. The van der Waals surface area contributed by atoms with Gasteiger partial charge in [-0.2, -0.15) is 0 Å². The Bertz CT molecular complexity index is 502. The summed E-state index contributed by atoms with van der Waals surface area (Å²) in [7, 11) is 0. The monoisotopic (exact) mass is 244 g/mol. The van der Waals surface area contributed by atoms with Crippen molar-refractivity contribution in [1.82, 2.24) is 19.9 Å². The summed E-state index contributed by atoms with van der Waals surface area (Å²) in [5.74, 6) is 1.98. The van der Waals surface area contributed by atoms with Crippen molar-refractivity contribution in [2.75, 3.05) is 0 Å². The van der Waals surface area contributed by atoms with E-state index in [9.17, 15) is 0 Å². The van der Waals surface area contributed by atoms with Gasteiger partial charge in [-0.05, 0) is 17.7 Å². The smallest absolute Gasteiger partial charge is 0.138 e. The van der Waals surface area contributed by atoms with Crippen molar-refractivity contribution in [2.45, 2.75) is 39.8 Å². The SMILES string of the molecule is CCc1nccn1-c1cc(CNC(C)C)ccn1. The summed E-state index contributed by atoms with van der Waals surface area (Å²) in [6.07, 6.45) is 6.54. The van der Waals surface area contributed by atoms with E-state index in [0.717, 1.165) is 24.6 Å². The zero-order valence-corrected chi connectivity index (χ0v) is 11.2. The van der Waals surface area contributed by atoms with Crippen LogP contribution in [0.25, 0.3) is 5.82 Å². The Morgan fingerprint density at radius 2 is 2.11 bits per heavy atom. The Balaban J connectivity index is 2.21. The predicted molar refractivity (Wildman–Crippen MR) is 72.7 cm³/mol. The topological polar surface area (TPSA) is 42.7 Å². The molecule has 1 N–H and O–H groups in total. The van der Waals surface area contributed by atoms with Crippen molar-refractivity contribution in [3.05, 3.63) is 42.1 Å². The summed E-state index contributed by atoms with van der Waals surface area (Å²) < 4.78 is 2.04. The number of aryl methyl sites for hydroxylation is 1. The molecule has 0 saturated heterocycles. The summed E-state index contributed by atoms with van der Waals surface area (Å²) in [6, 6.07) is 4.64. The van der Waals surface area contributed by atoms with Crippen molar-refractivity contribution in [3.63, 3.8) is 0 Å². The third-order valence-electron chi connectivity index (χ3n) is 2.80. The van der Waals surface area contributed by atoms with Crippen LogP contribution in [0.3, 0.4) is 0 Å². The number of hydrogen-bond donors (Lipinski definition) is 1. The molecule has 0 spiro atoms. The molecule has 0 fully saturated rings. The molecular weight excluding hydrogens is 224 g/mol. The average molecular weight is 244 g/mol. The Hall–Kier alpha value is -1.68. The van der Waals surface area contributed by atoms with Crippen LogP contribution in [0.4, 0.5) is 0 Å². The normalized spacial score (nSPS) is 11.1. The first-order valence-electron chi connectivity index (χ1n) is 6.41. The van der Waals surface area contributed by atoms with Gasteiger partial charge in [-0.25, -0.2) is 9.97 Å². The predicted octanol–water partition coefficient (Wildman–Crippen LogP) is 2.33. The summed E-state index contributed by atoms with van der Waals surface area (Å²) in [6.45, 7) is 7.26. The second-order valence-corrected chi connectivity index (χ2v) is 4.62. The minimum atomic E-state index is 0.487. The van der Waals surface area contributed by atoms with Crippen LogP contribution in [0.2, 0.25) is 0 Å². The van der Waals surface area contributed by atoms with Crippen LogP contribution in [0.1, 0.15) is 32.2 Å². The van der Waals surface area contributed by atoms with E-state index in [1.54, 1.807) is 0 Å². The van der Waals surface area contributed by atoms with Gasteiger partial charge in [0.05, 0.1) is 0 Å². The molecule has 4 heteroatoms. The minimum absolute atomic E-state index is 0.487. The maximum absolute atomic E-state index is 4.41. The van der Waals surface area contributed by atoms with Gasteiger partial charge in [-0.15, -0.1) is 0 Å². The van der Waals surface area contributed by atoms with E-state index in [2.05, 4.69) is 42.1 Å². The van der Waals surface area contributed by atoms with E-state index in [1.807, 2.05) is 29.2 Å². The molecular formula is C14H20N4. The van der Waals surface area contributed by atoms with Gasteiger partial charge < -0.3 is 5.32 Å². The second-order valence-electron chi connectivity index (χ2n) is 4.62. The highest BCUT2D eigenvalue weighted by Gasteiger charge is 2.05. The Morgan fingerprint density at radius 3 is 2.83 bits per heavy atom. The van der Waals surface area contributed by atoms with Crippen LogP contribution in [0.15, 0.2) is 30.7 Å². The highest BCUT2D eigenvalue weighted by molar-refractivity contribution is 5.29. The third kappa shape index (κ3) is 2.96. The number of imidazole rings is 1. The third-order valence-corrected chi connectivity index (χ3v) is 2.80. The first kappa shape index (κ1) is 12.8. The standard InChI is InChI=1S/C14H20N4/c1-4-13-16-7-8-18(13)14-9-12(5-6-15-14)10-17-11(2)3/h5-9,11,17H,4,10H2,1-3H3. The quantitative estimate of drug-likeness (QED) is 0.877. The van der Waals surface area contributed by atoms with Crippen LogP contribution in [-0.2, 0) is 13.0 Å². The number of rotatable bonds is 5. The molecule has 0 aromatic carbocycles. The lowest BCUT2D eigenvalue weighted by Gasteiger charge is -2.10. The highest BCUT2D eigenvalue weighted by atomic mass is 15.1. The van der Waals surface area contributed by atoms with E-state index in [-0.39, 0.29) is 0 Å². The van der Waals surface area contributed by atoms with Crippen molar-refractivity contribution in [1.29, 1.82) is 0 Å². The first-order valence-corrected chi connectivity index (χ1v) is 6.41. The minimum Gasteiger partial charge on any atom is -0.310 e. The van der Waals surface area contributed by atoms with Crippen molar-refractivity contribution < 1.29 is 0 Å². The lowest BCUT2D eigenvalue weighted by atomic mass is 10.2. The van der Waals surface area contributed by atoms with Gasteiger partial charge in [-0.1, -0.05) is 20.8 Å². The zero-order valence-electron chi connectivity index (χ0n) is 11.2. The van der Waals surface area contributed by atoms with E-state index in [4.69, 9.17) is 0 Å². The lowest BCUT2D eigenvalue weighted by Crippen LogP contribution is -2.21. The average Bonchev–Trinajstić information content (AvgIpc) is 2.85. The molecule has 0 aliphatic carbocycles. The van der Waals surface area contributed by atoms with Crippen LogP contribution < -0.4 is 5.32 Å². The molecule has 0 bridgehead atoms. The van der Waals surface area contributed by atoms with Crippen LogP contribution in [0, 0.1) is 0 Å². The lowest BCUT2D eigenvalue weighted by molar-refractivity contribution is 0.588. The molecule has 2 aromatic rings. The Labute approximate surface area is 108 Å². The van der Waals surface area contributed by atoms with E-state index in [1.165, 1.54) is 5.56 Å². The van der Waals surface area contributed by atoms with Gasteiger partial charge in [0.25, 0.3) is 0 Å². The fourth-order valence-corrected chi connectivity index (χ4v) is 1.83. The number of nitrogens with one attached hydrogen (secondary N) is 1. The molecule has 0 aliphatic heterocycles. The summed E-state index contributed by atoms with van der Waals surface area (Å²) in [4.78, 5) is 8.74.